The summed E-state index contributed by atoms with van der Waals surface area (Å²) in [6.07, 6.45) is 0. The van der Waals surface area contributed by atoms with E-state index >= 15 is 0 Å². The fraction of sp³-hybridized carbons (Fsp3) is 0.500. The number of rotatable bonds is 6. The number of hydrogen-bond acceptors (Lipinski definition) is 4. The second-order valence-electron chi connectivity index (χ2n) is 7.35. The van der Waals surface area contributed by atoms with Gasteiger partial charge in [0.25, 0.3) is 0 Å². The molecule has 0 bridgehead atoms. The molecule has 140 valence electrons. The number of nitrogens with one attached hydrogen (secondary N) is 1. The van der Waals surface area contributed by atoms with Gasteiger partial charge in [-0.15, -0.1) is 0 Å². The Balaban J connectivity index is 1.60. The van der Waals surface area contributed by atoms with Crippen molar-refractivity contribution >= 4 is 5.91 Å². The summed E-state index contributed by atoms with van der Waals surface area (Å²) in [6.45, 7) is 7.98. The standard InChI is InChI=1S/C20H29N5O/c1-15(23(3)4)18-7-5-17(6-8-18)13-24-9-10-25-20(14-24)11-19(22-25)12-21-16(2)26/h5-8,11,15H,9-10,12-14H2,1-4H3,(H,21,26). The monoisotopic (exact) mass is 355 g/mol. The second-order valence-corrected chi connectivity index (χ2v) is 7.35. The van der Waals surface area contributed by atoms with E-state index in [0.717, 1.165) is 31.9 Å². The van der Waals surface area contributed by atoms with Crippen LogP contribution in [0.1, 0.15) is 42.4 Å². The molecular weight excluding hydrogens is 326 g/mol. The number of amides is 1. The lowest BCUT2D eigenvalue weighted by atomic mass is 10.0. The van der Waals surface area contributed by atoms with Crippen LogP contribution in [0.5, 0.6) is 0 Å². The highest BCUT2D eigenvalue weighted by Gasteiger charge is 2.18. The van der Waals surface area contributed by atoms with Crippen molar-refractivity contribution in [3.05, 3.63) is 52.8 Å². The molecule has 1 aromatic carbocycles. The summed E-state index contributed by atoms with van der Waals surface area (Å²) >= 11 is 0. The van der Waals surface area contributed by atoms with Gasteiger partial charge in [0.15, 0.2) is 0 Å². The van der Waals surface area contributed by atoms with Gasteiger partial charge >= 0.3 is 0 Å². The van der Waals surface area contributed by atoms with Crippen molar-refractivity contribution in [3.8, 4) is 0 Å². The number of aromatic nitrogens is 2. The van der Waals surface area contributed by atoms with Crippen molar-refractivity contribution < 1.29 is 4.79 Å². The highest BCUT2D eigenvalue weighted by molar-refractivity contribution is 5.72. The van der Waals surface area contributed by atoms with Crippen molar-refractivity contribution in [1.29, 1.82) is 0 Å². The lowest BCUT2D eigenvalue weighted by Crippen LogP contribution is -2.33. The predicted molar refractivity (Wildman–Crippen MR) is 102 cm³/mol. The molecule has 2 heterocycles. The topological polar surface area (TPSA) is 53.4 Å². The van der Waals surface area contributed by atoms with E-state index in [1.54, 1.807) is 0 Å². The fourth-order valence-electron chi connectivity index (χ4n) is 3.27. The molecule has 0 aliphatic carbocycles. The maximum Gasteiger partial charge on any atom is 0.217 e. The summed E-state index contributed by atoms with van der Waals surface area (Å²) in [5, 5.41) is 7.39. The maximum absolute atomic E-state index is 11.1. The molecule has 1 unspecified atom stereocenters. The fourth-order valence-corrected chi connectivity index (χ4v) is 3.27. The van der Waals surface area contributed by atoms with Crippen LogP contribution in [-0.2, 0) is 31.0 Å². The lowest BCUT2D eigenvalue weighted by molar-refractivity contribution is -0.119. The van der Waals surface area contributed by atoms with E-state index in [1.165, 1.54) is 23.7 Å². The smallest absolute Gasteiger partial charge is 0.217 e. The highest BCUT2D eigenvalue weighted by Crippen LogP contribution is 2.20. The van der Waals surface area contributed by atoms with E-state index in [2.05, 4.69) is 76.2 Å². The van der Waals surface area contributed by atoms with E-state index < -0.39 is 0 Å². The van der Waals surface area contributed by atoms with Gasteiger partial charge in [-0.25, -0.2) is 0 Å². The number of carbonyl (C=O) groups excluding carboxylic acids is 1. The van der Waals surface area contributed by atoms with Crippen LogP contribution in [-0.4, -0.2) is 46.1 Å². The van der Waals surface area contributed by atoms with Crippen LogP contribution in [0.3, 0.4) is 0 Å². The molecule has 6 heteroatoms. The molecule has 1 aromatic heterocycles. The van der Waals surface area contributed by atoms with E-state index in [9.17, 15) is 4.79 Å². The Bertz CT molecular complexity index is 750. The van der Waals surface area contributed by atoms with Gasteiger partial charge in [-0.2, -0.15) is 5.10 Å². The lowest BCUT2D eigenvalue weighted by Gasteiger charge is -2.27. The third-order valence-electron chi connectivity index (χ3n) is 5.09. The number of carbonyl (C=O) groups is 1. The molecule has 1 amide bonds. The van der Waals surface area contributed by atoms with Gasteiger partial charge in [0.2, 0.25) is 5.91 Å². The van der Waals surface area contributed by atoms with Gasteiger partial charge in [0.1, 0.15) is 0 Å². The number of benzene rings is 1. The largest absolute Gasteiger partial charge is 0.351 e. The molecule has 0 saturated carbocycles. The van der Waals surface area contributed by atoms with Gasteiger partial charge in [-0.05, 0) is 38.2 Å². The Morgan fingerprint density at radius 2 is 2.00 bits per heavy atom. The molecule has 6 nitrogen and oxygen atoms in total. The number of hydrogen-bond donors (Lipinski definition) is 1. The SMILES string of the molecule is CC(=O)NCc1cc2n(n1)CCN(Cc1ccc(C(C)N(C)C)cc1)C2. The van der Waals surface area contributed by atoms with E-state index in [-0.39, 0.29) is 5.91 Å². The molecule has 0 spiro atoms. The van der Waals surface area contributed by atoms with Gasteiger partial charge in [0, 0.05) is 32.6 Å². The Morgan fingerprint density at radius 1 is 1.27 bits per heavy atom. The summed E-state index contributed by atoms with van der Waals surface area (Å²) in [6, 6.07) is 11.5. The molecule has 0 fully saturated rings. The quantitative estimate of drug-likeness (QED) is 0.863. The summed E-state index contributed by atoms with van der Waals surface area (Å²) in [7, 11) is 4.21. The number of fused-ring (bicyclic) bond motifs is 1. The molecule has 2 aromatic rings. The van der Waals surface area contributed by atoms with Gasteiger partial charge in [-0.3, -0.25) is 14.4 Å². The van der Waals surface area contributed by atoms with Crippen molar-refractivity contribution in [2.24, 2.45) is 0 Å². The third-order valence-corrected chi connectivity index (χ3v) is 5.09. The average Bonchev–Trinajstić information content (AvgIpc) is 3.02. The van der Waals surface area contributed by atoms with Gasteiger partial charge in [0.05, 0.1) is 24.5 Å². The van der Waals surface area contributed by atoms with Gasteiger partial charge in [-0.1, -0.05) is 24.3 Å². The Labute approximate surface area is 155 Å². The van der Waals surface area contributed by atoms with Crippen molar-refractivity contribution in [1.82, 2.24) is 24.9 Å². The van der Waals surface area contributed by atoms with E-state index in [0.29, 0.717) is 12.6 Å². The zero-order valence-electron chi connectivity index (χ0n) is 16.2. The second kappa shape index (κ2) is 8.01. The molecule has 3 rings (SSSR count). The molecule has 0 saturated heterocycles. The summed E-state index contributed by atoms with van der Waals surface area (Å²) in [5.74, 6) is -0.0235. The maximum atomic E-state index is 11.1. The number of nitrogens with zero attached hydrogens (tertiary/aromatic N) is 4. The highest BCUT2D eigenvalue weighted by atomic mass is 16.1. The molecule has 0 radical (unpaired) electrons. The van der Waals surface area contributed by atoms with Crippen LogP contribution < -0.4 is 5.32 Å². The van der Waals surface area contributed by atoms with Crippen LogP contribution in [0.2, 0.25) is 0 Å². The Morgan fingerprint density at radius 3 is 2.65 bits per heavy atom. The average molecular weight is 355 g/mol. The first-order valence-corrected chi connectivity index (χ1v) is 9.20. The summed E-state index contributed by atoms with van der Waals surface area (Å²) < 4.78 is 2.06. The first-order chi connectivity index (χ1) is 12.4. The van der Waals surface area contributed by atoms with Crippen molar-refractivity contribution in [2.75, 3.05) is 20.6 Å². The van der Waals surface area contributed by atoms with Crippen molar-refractivity contribution in [3.63, 3.8) is 0 Å². The van der Waals surface area contributed by atoms with Crippen LogP contribution in [0.4, 0.5) is 0 Å². The normalized spacial score (nSPS) is 15.7. The molecule has 1 atom stereocenters. The minimum absolute atomic E-state index is 0.0235. The molecule has 1 N–H and O–H groups in total. The molecule has 1 aliphatic rings. The predicted octanol–water partition coefficient (Wildman–Crippen LogP) is 2.16. The third kappa shape index (κ3) is 4.51. The first-order valence-electron chi connectivity index (χ1n) is 9.20. The first kappa shape index (κ1) is 18.6. The minimum atomic E-state index is -0.0235. The van der Waals surface area contributed by atoms with Crippen LogP contribution >= 0.6 is 0 Å². The van der Waals surface area contributed by atoms with Crippen LogP contribution in [0, 0.1) is 0 Å². The Hall–Kier alpha value is -2.18. The van der Waals surface area contributed by atoms with E-state index in [4.69, 9.17) is 0 Å². The van der Waals surface area contributed by atoms with Crippen molar-refractivity contribution in [2.45, 2.75) is 46.1 Å². The summed E-state index contributed by atoms with van der Waals surface area (Å²) in [5.41, 5.74) is 4.83. The minimum Gasteiger partial charge on any atom is -0.351 e. The van der Waals surface area contributed by atoms with Gasteiger partial charge < -0.3 is 10.2 Å². The summed E-state index contributed by atoms with van der Waals surface area (Å²) in [4.78, 5) is 15.7. The zero-order chi connectivity index (χ0) is 18.7. The van der Waals surface area contributed by atoms with Crippen LogP contribution in [0.25, 0.3) is 0 Å². The van der Waals surface area contributed by atoms with Crippen LogP contribution in [0.15, 0.2) is 30.3 Å². The van der Waals surface area contributed by atoms with E-state index in [1.807, 2.05) is 0 Å². The molecule has 26 heavy (non-hydrogen) atoms. The zero-order valence-corrected chi connectivity index (χ0v) is 16.2. The molecule has 1 aliphatic heterocycles. The molecular formula is C20H29N5O. The Kier molecular flexibility index (Phi) is 5.74.